The maximum absolute atomic E-state index is 12.6. The van der Waals surface area contributed by atoms with Crippen molar-refractivity contribution in [2.75, 3.05) is 0 Å². The van der Waals surface area contributed by atoms with Crippen LogP contribution in [0.2, 0.25) is 5.02 Å². The molecule has 144 valence electrons. The Labute approximate surface area is 182 Å². The number of aliphatic imine (C=N–C) groups is 1. The first-order chi connectivity index (χ1) is 14.1. The first kappa shape index (κ1) is 18.6. The molecular formula is C22H15Cl2N3OS. The van der Waals surface area contributed by atoms with E-state index in [4.69, 9.17) is 28.2 Å². The number of hydrogen-bond donors (Lipinski definition) is 1. The van der Waals surface area contributed by atoms with Crippen LogP contribution in [0.1, 0.15) is 17.2 Å². The SMILES string of the molecule is O=C1[C@H](Cl)[C@@H](c2ccc(Cl)cc2)N1NC1=Nc2ccccc2Sc2ccccc21. The Hall–Kier alpha value is -2.47. The van der Waals surface area contributed by atoms with Crippen molar-refractivity contribution in [3.8, 4) is 0 Å². The summed E-state index contributed by atoms with van der Waals surface area (Å²) >= 11 is 14.0. The van der Waals surface area contributed by atoms with Crippen molar-refractivity contribution < 1.29 is 4.79 Å². The first-order valence-corrected chi connectivity index (χ1v) is 10.7. The zero-order valence-corrected chi connectivity index (χ0v) is 17.4. The Morgan fingerprint density at radius 3 is 2.41 bits per heavy atom. The molecule has 0 saturated carbocycles. The van der Waals surface area contributed by atoms with Crippen LogP contribution >= 0.6 is 35.0 Å². The lowest BCUT2D eigenvalue weighted by Crippen LogP contribution is -2.63. The Balaban J connectivity index is 1.53. The summed E-state index contributed by atoms with van der Waals surface area (Å²) in [7, 11) is 0. The number of hydrazine groups is 1. The molecule has 2 aliphatic rings. The third kappa shape index (κ3) is 3.29. The molecule has 29 heavy (non-hydrogen) atoms. The maximum Gasteiger partial charge on any atom is 0.262 e. The van der Waals surface area contributed by atoms with Crippen LogP contribution in [-0.4, -0.2) is 22.1 Å². The Morgan fingerprint density at radius 1 is 0.931 bits per heavy atom. The molecule has 3 aromatic carbocycles. The van der Waals surface area contributed by atoms with Crippen molar-refractivity contribution in [2.45, 2.75) is 21.2 Å². The van der Waals surface area contributed by atoms with Crippen LogP contribution in [0.15, 0.2) is 87.6 Å². The van der Waals surface area contributed by atoms with E-state index in [1.165, 1.54) is 0 Å². The third-order valence-corrected chi connectivity index (χ3v) is 6.74. The highest BCUT2D eigenvalue weighted by Crippen LogP contribution is 2.41. The van der Waals surface area contributed by atoms with Gasteiger partial charge in [0.1, 0.15) is 11.4 Å². The van der Waals surface area contributed by atoms with E-state index in [-0.39, 0.29) is 11.9 Å². The molecule has 0 aromatic heterocycles. The third-order valence-electron chi connectivity index (χ3n) is 4.93. The number of carbonyl (C=O) groups excluding carboxylic acids is 1. The molecule has 0 unspecified atom stereocenters. The van der Waals surface area contributed by atoms with Gasteiger partial charge in [0.25, 0.3) is 5.91 Å². The van der Waals surface area contributed by atoms with E-state index in [1.54, 1.807) is 28.9 Å². The quantitative estimate of drug-likeness (QED) is 0.418. The lowest BCUT2D eigenvalue weighted by Gasteiger charge is -2.44. The largest absolute Gasteiger partial charge is 0.278 e. The normalized spacial score (nSPS) is 20.1. The number of para-hydroxylation sites is 1. The molecule has 0 spiro atoms. The lowest BCUT2D eigenvalue weighted by molar-refractivity contribution is -0.148. The Morgan fingerprint density at radius 2 is 1.62 bits per heavy atom. The van der Waals surface area contributed by atoms with Crippen LogP contribution in [0.3, 0.4) is 0 Å². The fourth-order valence-electron chi connectivity index (χ4n) is 3.44. The topological polar surface area (TPSA) is 44.7 Å². The minimum absolute atomic E-state index is 0.183. The molecule has 2 atom stereocenters. The number of alkyl halides is 1. The van der Waals surface area contributed by atoms with E-state index in [0.717, 1.165) is 26.6 Å². The first-order valence-electron chi connectivity index (χ1n) is 9.06. The molecule has 5 rings (SSSR count). The molecular weight excluding hydrogens is 425 g/mol. The Bertz CT molecular complexity index is 1130. The van der Waals surface area contributed by atoms with Gasteiger partial charge in [0.05, 0.1) is 5.69 Å². The van der Waals surface area contributed by atoms with E-state index in [1.807, 2.05) is 54.6 Å². The molecule has 1 N–H and O–H groups in total. The van der Waals surface area contributed by atoms with E-state index < -0.39 is 5.38 Å². The number of amidine groups is 1. The number of rotatable bonds is 2. The second-order valence-corrected chi connectivity index (χ2v) is 8.73. The van der Waals surface area contributed by atoms with Gasteiger partial charge in [-0.05, 0) is 35.9 Å². The predicted molar refractivity (Wildman–Crippen MR) is 117 cm³/mol. The molecule has 0 radical (unpaired) electrons. The van der Waals surface area contributed by atoms with Gasteiger partial charge >= 0.3 is 0 Å². The minimum Gasteiger partial charge on any atom is -0.278 e. The van der Waals surface area contributed by atoms with Gasteiger partial charge in [0, 0.05) is 20.4 Å². The standard InChI is InChI=1S/C22H15Cl2N3OS/c23-14-11-9-13(10-12-14)20-19(24)22(28)27(20)26-21-15-5-1-3-7-17(15)29-18-8-4-2-6-16(18)25-21/h1-12,19-20H,(H,25,26)/t19-,20-/m1/s1. The summed E-state index contributed by atoms with van der Waals surface area (Å²) in [5.41, 5.74) is 5.95. The number of β-lactam (4-membered cyclic amide) rings is 1. The fourth-order valence-corrected chi connectivity index (χ4v) is 4.95. The van der Waals surface area contributed by atoms with E-state index in [2.05, 4.69) is 11.5 Å². The van der Waals surface area contributed by atoms with Gasteiger partial charge in [0.15, 0.2) is 5.84 Å². The summed E-state index contributed by atoms with van der Waals surface area (Å²) < 4.78 is 0. The highest BCUT2D eigenvalue weighted by atomic mass is 35.5. The molecule has 1 fully saturated rings. The van der Waals surface area contributed by atoms with E-state index in [0.29, 0.717) is 10.9 Å². The van der Waals surface area contributed by atoms with Crippen molar-refractivity contribution in [2.24, 2.45) is 4.99 Å². The number of halogens is 2. The van der Waals surface area contributed by atoms with Crippen LogP contribution in [0.25, 0.3) is 0 Å². The molecule has 2 aliphatic heterocycles. The van der Waals surface area contributed by atoms with E-state index in [9.17, 15) is 4.79 Å². The van der Waals surface area contributed by atoms with Gasteiger partial charge in [-0.3, -0.25) is 10.2 Å². The number of hydrogen-bond acceptors (Lipinski definition) is 4. The van der Waals surface area contributed by atoms with Gasteiger partial charge in [-0.1, -0.05) is 65.8 Å². The fraction of sp³-hybridized carbons (Fsp3) is 0.0909. The van der Waals surface area contributed by atoms with Crippen LogP contribution in [0.4, 0.5) is 5.69 Å². The summed E-state index contributed by atoms with van der Waals surface area (Å²) in [5.74, 6) is 0.436. The number of amides is 1. The molecule has 7 heteroatoms. The smallest absolute Gasteiger partial charge is 0.262 e. The molecule has 4 nitrogen and oxygen atoms in total. The maximum atomic E-state index is 12.6. The monoisotopic (exact) mass is 439 g/mol. The van der Waals surface area contributed by atoms with Gasteiger partial charge in [0.2, 0.25) is 0 Å². The second kappa shape index (κ2) is 7.41. The molecule has 0 bridgehead atoms. The minimum atomic E-state index is -0.632. The number of nitrogens with zero attached hydrogens (tertiary/aromatic N) is 2. The van der Waals surface area contributed by atoms with Crippen molar-refractivity contribution in [1.82, 2.24) is 10.4 Å². The summed E-state index contributed by atoms with van der Waals surface area (Å²) in [6, 6.07) is 23.0. The average Bonchev–Trinajstić information content (AvgIpc) is 2.91. The molecule has 3 aromatic rings. The van der Waals surface area contributed by atoms with Crippen LogP contribution < -0.4 is 5.43 Å². The highest BCUT2D eigenvalue weighted by Gasteiger charge is 2.48. The van der Waals surface area contributed by atoms with Crippen molar-refractivity contribution in [3.63, 3.8) is 0 Å². The summed E-state index contributed by atoms with van der Waals surface area (Å²) in [6.07, 6.45) is 0. The lowest BCUT2D eigenvalue weighted by atomic mass is 9.95. The number of fused-ring (bicyclic) bond motifs is 2. The predicted octanol–water partition coefficient (Wildman–Crippen LogP) is 5.58. The zero-order valence-electron chi connectivity index (χ0n) is 15.0. The number of benzene rings is 3. The number of nitrogens with one attached hydrogen (secondary N) is 1. The summed E-state index contributed by atoms with van der Waals surface area (Å²) in [6.45, 7) is 0. The van der Waals surface area contributed by atoms with E-state index >= 15 is 0 Å². The van der Waals surface area contributed by atoms with Crippen LogP contribution in [-0.2, 0) is 4.79 Å². The van der Waals surface area contributed by atoms with Gasteiger partial charge < -0.3 is 0 Å². The summed E-state index contributed by atoms with van der Waals surface area (Å²) in [4.78, 5) is 19.5. The number of carbonyl (C=O) groups is 1. The molecule has 2 heterocycles. The Kier molecular flexibility index (Phi) is 4.74. The second-order valence-electron chi connectivity index (χ2n) is 6.74. The van der Waals surface area contributed by atoms with Crippen molar-refractivity contribution in [1.29, 1.82) is 0 Å². The molecule has 0 aliphatic carbocycles. The van der Waals surface area contributed by atoms with Crippen molar-refractivity contribution >= 4 is 52.4 Å². The molecule has 1 amide bonds. The van der Waals surface area contributed by atoms with Gasteiger partial charge in [-0.2, -0.15) is 0 Å². The van der Waals surface area contributed by atoms with Gasteiger partial charge in [-0.15, -0.1) is 11.6 Å². The summed E-state index contributed by atoms with van der Waals surface area (Å²) in [5, 5.41) is 1.56. The highest BCUT2D eigenvalue weighted by molar-refractivity contribution is 7.99. The molecule has 1 saturated heterocycles. The average molecular weight is 440 g/mol. The van der Waals surface area contributed by atoms with Crippen molar-refractivity contribution in [3.05, 3.63) is 88.9 Å². The van der Waals surface area contributed by atoms with Crippen LogP contribution in [0, 0.1) is 0 Å². The van der Waals surface area contributed by atoms with Gasteiger partial charge in [-0.25, -0.2) is 10.0 Å². The zero-order chi connectivity index (χ0) is 20.0. The van der Waals surface area contributed by atoms with Crippen LogP contribution in [0.5, 0.6) is 0 Å².